The third-order valence-corrected chi connectivity index (χ3v) is 3.85. The first-order valence-electron chi connectivity index (χ1n) is 7.69. The largest absolute Gasteiger partial charge is 0.489 e. The lowest BCUT2D eigenvalue weighted by Crippen LogP contribution is -2.24. The number of amides is 1. The van der Waals surface area contributed by atoms with Gasteiger partial charge in [0, 0.05) is 18.3 Å². The first-order valence-corrected chi connectivity index (χ1v) is 7.69. The summed E-state index contributed by atoms with van der Waals surface area (Å²) in [7, 11) is 0. The van der Waals surface area contributed by atoms with Crippen LogP contribution in [-0.4, -0.2) is 19.0 Å². The molecule has 1 unspecified atom stereocenters. The molecule has 0 aliphatic carbocycles. The molecule has 0 spiro atoms. The maximum atomic E-state index is 12.9. The van der Waals surface area contributed by atoms with Crippen molar-refractivity contribution in [1.29, 1.82) is 0 Å². The van der Waals surface area contributed by atoms with Crippen molar-refractivity contribution in [2.45, 2.75) is 13.0 Å². The van der Waals surface area contributed by atoms with Crippen molar-refractivity contribution >= 4 is 11.6 Å². The molecule has 1 amide bonds. The predicted molar refractivity (Wildman–Crippen MR) is 86.8 cm³/mol. The molecule has 5 heteroatoms. The molecule has 1 aliphatic heterocycles. The molecule has 0 bridgehead atoms. The van der Waals surface area contributed by atoms with Gasteiger partial charge in [-0.2, -0.15) is 0 Å². The van der Waals surface area contributed by atoms with Gasteiger partial charge in [-0.15, -0.1) is 0 Å². The second kappa shape index (κ2) is 7.24. The summed E-state index contributed by atoms with van der Waals surface area (Å²) in [5, 5.41) is 6.10. The molecule has 1 aliphatic rings. The SMILES string of the molecule is O=C(Nc1cccc(OCc2ccc(F)cc2)c1)C1CCNC1. The molecule has 3 rings (SSSR count). The molecule has 0 aromatic heterocycles. The summed E-state index contributed by atoms with van der Waals surface area (Å²) in [5.74, 6) is 0.459. The summed E-state index contributed by atoms with van der Waals surface area (Å²) in [5.41, 5.74) is 1.61. The monoisotopic (exact) mass is 314 g/mol. The van der Waals surface area contributed by atoms with Crippen LogP contribution < -0.4 is 15.4 Å². The van der Waals surface area contributed by atoms with Gasteiger partial charge in [0.2, 0.25) is 5.91 Å². The molecule has 1 saturated heterocycles. The number of ether oxygens (including phenoxy) is 1. The van der Waals surface area contributed by atoms with Gasteiger partial charge in [0.05, 0.1) is 5.92 Å². The molecule has 0 saturated carbocycles. The minimum Gasteiger partial charge on any atom is -0.489 e. The Morgan fingerprint density at radius 3 is 2.83 bits per heavy atom. The Bertz CT molecular complexity index is 667. The fourth-order valence-electron chi connectivity index (χ4n) is 2.53. The van der Waals surface area contributed by atoms with E-state index in [0.717, 1.165) is 30.8 Å². The topological polar surface area (TPSA) is 50.4 Å². The molecule has 2 aromatic carbocycles. The summed E-state index contributed by atoms with van der Waals surface area (Å²) in [4.78, 5) is 12.1. The molecular formula is C18H19FN2O2. The summed E-state index contributed by atoms with van der Waals surface area (Å²) in [6, 6.07) is 13.5. The number of carbonyl (C=O) groups is 1. The molecule has 120 valence electrons. The van der Waals surface area contributed by atoms with E-state index in [1.165, 1.54) is 12.1 Å². The van der Waals surface area contributed by atoms with Crippen LogP contribution in [0.25, 0.3) is 0 Å². The van der Waals surface area contributed by atoms with Gasteiger partial charge >= 0.3 is 0 Å². The molecular weight excluding hydrogens is 295 g/mol. The van der Waals surface area contributed by atoms with Crippen molar-refractivity contribution in [3.8, 4) is 5.75 Å². The van der Waals surface area contributed by atoms with Crippen molar-refractivity contribution in [2.75, 3.05) is 18.4 Å². The van der Waals surface area contributed by atoms with Crippen LogP contribution in [-0.2, 0) is 11.4 Å². The molecule has 2 N–H and O–H groups in total. The lowest BCUT2D eigenvalue weighted by Gasteiger charge is -2.12. The lowest BCUT2D eigenvalue weighted by atomic mass is 10.1. The van der Waals surface area contributed by atoms with E-state index in [9.17, 15) is 9.18 Å². The van der Waals surface area contributed by atoms with Gasteiger partial charge in [0.25, 0.3) is 0 Å². The highest BCUT2D eigenvalue weighted by molar-refractivity contribution is 5.93. The van der Waals surface area contributed by atoms with Crippen LogP contribution in [0.2, 0.25) is 0 Å². The summed E-state index contributed by atoms with van der Waals surface area (Å²) in [6.07, 6.45) is 0.868. The van der Waals surface area contributed by atoms with Gasteiger partial charge in [-0.25, -0.2) is 4.39 Å². The zero-order chi connectivity index (χ0) is 16.1. The number of rotatable bonds is 5. The average Bonchev–Trinajstić information content (AvgIpc) is 3.09. The Balaban J connectivity index is 1.58. The Hall–Kier alpha value is -2.40. The summed E-state index contributed by atoms with van der Waals surface area (Å²) < 4.78 is 18.6. The van der Waals surface area contributed by atoms with Crippen molar-refractivity contribution < 1.29 is 13.9 Å². The number of carbonyl (C=O) groups excluding carboxylic acids is 1. The minimum absolute atomic E-state index is 0.0267. The van der Waals surface area contributed by atoms with Gasteiger partial charge in [0.1, 0.15) is 18.2 Å². The first-order chi connectivity index (χ1) is 11.2. The fourth-order valence-corrected chi connectivity index (χ4v) is 2.53. The maximum absolute atomic E-state index is 12.9. The Morgan fingerprint density at radius 1 is 1.26 bits per heavy atom. The molecule has 1 heterocycles. The highest BCUT2D eigenvalue weighted by Crippen LogP contribution is 2.20. The van der Waals surface area contributed by atoms with E-state index in [-0.39, 0.29) is 17.6 Å². The maximum Gasteiger partial charge on any atom is 0.228 e. The standard InChI is InChI=1S/C18H19FN2O2/c19-15-6-4-13(5-7-15)12-23-17-3-1-2-16(10-17)21-18(22)14-8-9-20-11-14/h1-7,10,14,20H,8-9,11-12H2,(H,21,22). The van der Waals surface area contributed by atoms with Crippen molar-refractivity contribution in [3.63, 3.8) is 0 Å². The van der Waals surface area contributed by atoms with Gasteiger partial charge < -0.3 is 15.4 Å². The predicted octanol–water partition coefficient (Wildman–Crippen LogP) is 2.95. The normalized spacial score (nSPS) is 17.0. The van der Waals surface area contributed by atoms with Crippen LogP contribution in [0.4, 0.5) is 10.1 Å². The van der Waals surface area contributed by atoms with Crippen LogP contribution in [0, 0.1) is 11.7 Å². The summed E-state index contributed by atoms with van der Waals surface area (Å²) in [6.45, 7) is 1.97. The average molecular weight is 314 g/mol. The highest BCUT2D eigenvalue weighted by atomic mass is 19.1. The Labute approximate surface area is 134 Å². The number of halogens is 1. The Kier molecular flexibility index (Phi) is 4.88. The highest BCUT2D eigenvalue weighted by Gasteiger charge is 2.22. The van der Waals surface area contributed by atoms with E-state index in [0.29, 0.717) is 12.4 Å². The number of anilines is 1. The van der Waals surface area contributed by atoms with Crippen molar-refractivity contribution in [1.82, 2.24) is 5.32 Å². The molecule has 23 heavy (non-hydrogen) atoms. The zero-order valence-electron chi connectivity index (χ0n) is 12.7. The van der Waals surface area contributed by atoms with E-state index in [2.05, 4.69) is 10.6 Å². The molecule has 2 aromatic rings. The van der Waals surface area contributed by atoms with Crippen molar-refractivity contribution in [2.24, 2.45) is 5.92 Å². The minimum atomic E-state index is -0.264. The van der Waals surface area contributed by atoms with E-state index in [4.69, 9.17) is 4.74 Å². The quantitative estimate of drug-likeness (QED) is 0.892. The van der Waals surface area contributed by atoms with E-state index in [1.54, 1.807) is 18.2 Å². The first kappa shape index (κ1) is 15.5. The second-order valence-electron chi connectivity index (χ2n) is 5.62. The van der Waals surface area contributed by atoms with Gasteiger partial charge in [-0.05, 0) is 42.8 Å². The van der Waals surface area contributed by atoms with E-state index in [1.807, 2.05) is 18.2 Å². The Morgan fingerprint density at radius 2 is 2.09 bits per heavy atom. The molecule has 1 atom stereocenters. The van der Waals surface area contributed by atoms with Gasteiger partial charge in [0.15, 0.2) is 0 Å². The fraction of sp³-hybridized carbons (Fsp3) is 0.278. The van der Waals surface area contributed by atoms with Crippen LogP contribution >= 0.6 is 0 Å². The smallest absolute Gasteiger partial charge is 0.228 e. The van der Waals surface area contributed by atoms with Gasteiger partial charge in [-0.1, -0.05) is 18.2 Å². The lowest BCUT2D eigenvalue weighted by molar-refractivity contribution is -0.119. The van der Waals surface area contributed by atoms with E-state index < -0.39 is 0 Å². The zero-order valence-corrected chi connectivity index (χ0v) is 12.7. The molecule has 1 fully saturated rings. The number of hydrogen-bond acceptors (Lipinski definition) is 3. The van der Waals surface area contributed by atoms with Crippen molar-refractivity contribution in [3.05, 3.63) is 59.9 Å². The third-order valence-electron chi connectivity index (χ3n) is 3.85. The van der Waals surface area contributed by atoms with Crippen LogP contribution in [0.1, 0.15) is 12.0 Å². The van der Waals surface area contributed by atoms with E-state index >= 15 is 0 Å². The van der Waals surface area contributed by atoms with Crippen LogP contribution in [0.15, 0.2) is 48.5 Å². The second-order valence-corrected chi connectivity index (χ2v) is 5.62. The number of nitrogens with one attached hydrogen (secondary N) is 2. The van der Waals surface area contributed by atoms with Crippen LogP contribution in [0.5, 0.6) is 5.75 Å². The van der Waals surface area contributed by atoms with Gasteiger partial charge in [-0.3, -0.25) is 4.79 Å². The molecule has 4 nitrogen and oxygen atoms in total. The molecule has 0 radical (unpaired) electrons. The summed E-state index contributed by atoms with van der Waals surface area (Å²) >= 11 is 0. The number of benzene rings is 2. The van der Waals surface area contributed by atoms with Crippen LogP contribution in [0.3, 0.4) is 0 Å². The number of hydrogen-bond donors (Lipinski definition) is 2. The third kappa shape index (κ3) is 4.29.